The maximum Gasteiger partial charge on any atom is 0.306 e. The van der Waals surface area contributed by atoms with Crippen molar-refractivity contribution >= 4 is 44.6 Å². The Bertz CT molecular complexity index is 1140. The molecule has 33 heavy (non-hydrogen) atoms. The molecule has 2 heterocycles. The van der Waals surface area contributed by atoms with Crippen LogP contribution >= 0.6 is 11.3 Å². The quantitative estimate of drug-likeness (QED) is 0.291. The smallest absolute Gasteiger partial charge is 0.306 e. The minimum absolute atomic E-state index is 0.00660. The molecule has 1 aromatic carbocycles. The summed E-state index contributed by atoms with van der Waals surface area (Å²) in [6.07, 6.45) is 1.14. The Morgan fingerprint density at radius 1 is 1.12 bits per heavy atom. The van der Waals surface area contributed by atoms with Crippen molar-refractivity contribution in [3.05, 3.63) is 41.3 Å². The zero-order valence-electron chi connectivity index (χ0n) is 18.1. The third-order valence-electron chi connectivity index (χ3n) is 5.68. The minimum Gasteiger partial charge on any atom is -0.469 e. The highest BCUT2D eigenvalue weighted by Gasteiger charge is 2.49. The molecule has 3 N–H and O–H groups in total. The molecule has 1 saturated heterocycles. The van der Waals surface area contributed by atoms with Gasteiger partial charge in [-0.2, -0.15) is 0 Å². The number of carbonyl (C=O) groups is 3. The van der Waals surface area contributed by atoms with Gasteiger partial charge in [-0.3, -0.25) is 19.6 Å². The summed E-state index contributed by atoms with van der Waals surface area (Å²) in [6, 6.07) is 10.6. The molecule has 0 unspecified atom stereocenters. The number of sulfone groups is 1. The number of carbonyl (C=O) groups excluding carboxylic acids is 3. The second-order valence-electron chi connectivity index (χ2n) is 7.85. The Hall–Kier alpha value is -2.76. The summed E-state index contributed by atoms with van der Waals surface area (Å²) in [4.78, 5) is 36.6. The molecule has 1 aliphatic heterocycles. The Kier molecular flexibility index (Phi) is 7.88. The number of amides is 2. The highest BCUT2D eigenvalue weighted by atomic mass is 32.2. The van der Waals surface area contributed by atoms with Gasteiger partial charge in [-0.15, -0.1) is 11.3 Å². The van der Waals surface area contributed by atoms with Gasteiger partial charge in [-0.05, 0) is 42.7 Å². The van der Waals surface area contributed by atoms with Gasteiger partial charge >= 0.3 is 5.97 Å². The average molecular weight is 495 g/mol. The third-order valence-corrected chi connectivity index (χ3v) is 9.73. The summed E-state index contributed by atoms with van der Waals surface area (Å²) in [5, 5.41) is 11.8. The van der Waals surface area contributed by atoms with Crippen LogP contribution in [0, 0.1) is 0 Å². The Morgan fingerprint density at radius 2 is 1.91 bits per heavy atom. The SMILES string of the molecule is COC(=O)CCC(=O)Nc1cccc(-c2ccc([C@@]3(CC(=O)NO)CCCCS3(=O)=O)s2)c1. The molecule has 1 fully saturated rings. The van der Waals surface area contributed by atoms with E-state index in [9.17, 15) is 22.8 Å². The fourth-order valence-electron chi connectivity index (χ4n) is 3.94. The lowest BCUT2D eigenvalue weighted by molar-refractivity contribution is -0.141. The molecular formula is C22H26N2O7S2. The Morgan fingerprint density at radius 3 is 2.61 bits per heavy atom. The number of methoxy groups -OCH3 is 1. The summed E-state index contributed by atoms with van der Waals surface area (Å²) in [7, 11) is -2.35. The number of nitrogens with one attached hydrogen (secondary N) is 2. The molecule has 178 valence electrons. The van der Waals surface area contributed by atoms with Crippen molar-refractivity contribution < 1.29 is 32.7 Å². The van der Waals surface area contributed by atoms with Gasteiger partial charge < -0.3 is 10.1 Å². The Labute approximate surface area is 196 Å². The molecular weight excluding hydrogens is 468 g/mol. The van der Waals surface area contributed by atoms with Crippen molar-refractivity contribution in [3.63, 3.8) is 0 Å². The van der Waals surface area contributed by atoms with E-state index in [4.69, 9.17) is 5.21 Å². The lowest BCUT2D eigenvalue weighted by Crippen LogP contribution is -2.43. The molecule has 2 aromatic rings. The summed E-state index contributed by atoms with van der Waals surface area (Å²) in [6.45, 7) is 0. The van der Waals surface area contributed by atoms with Gasteiger partial charge in [-0.25, -0.2) is 13.9 Å². The number of anilines is 1. The normalized spacial score (nSPS) is 19.5. The molecule has 9 nitrogen and oxygen atoms in total. The van der Waals surface area contributed by atoms with E-state index < -0.39 is 26.5 Å². The first-order valence-corrected chi connectivity index (χ1v) is 12.9. The second kappa shape index (κ2) is 10.4. The molecule has 1 atom stereocenters. The van der Waals surface area contributed by atoms with Crippen LogP contribution in [0.2, 0.25) is 0 Å². The van der Waals surface area contributed by atoms with E-state index in [-0.39, 0.29) is 30.9 Å². The van der Waals surface area contributed by atoms with Gasteiger partial charge in [0.15, 0.2) is 9.84 Å². The molecule has 0 spiro atoms. The number of esters is 1. The average Bonchev–Trinajstić information content (AvgIpc) is 3.29. The first-order chi connectivity index (χ1) is 15.7. The van der Waals surface area contributed by atoms with Gasteiger partial charge in [0.2, 0.25) is 11.8 Å². The molecule has 0 saturated carbocycles. The van der Waals surface area contributed by atoms with Crippen molar-refractivity contribution in [3.8, 4) is 10.4 Å². The van der Waals surface area contributed by atoms with Crippen LogP contribution in [0.3, 0.4) is 0 Å². The lowest BCUT2D eigenvalue weighted by Gasteiger charge is -2.35. The molecule has 1 aliphatic rings. The van der Waals surface area contributed by atoms with E-state index in [2.05, 4.69) is 10.1 Å². The van der Waals surface area contributed by atoms with Crippen LogP contribution < -0.4 is 10.8 Å². The fourth-order valence-corrected chi connectivity index (χ4v) is 7.72. The number of hydrogen-bond donors (Lipinski definition) is 3. The number of rotatable bonds is 8. The van der Waals surface area contributed by atoms with Gasteiger partial charge in [-0.1, -0.05) is 18.6 Å². The largest absolute Gasteiger partial charge is 0.469 e. The molecule has 1 aromatic heterocycles. The summed E-state index contributed by atoms with van der Waals surface area (Å²) in [5.41, 5.74) is 2.87. The van der Waals surface area contributed by atoms with Gasteiger partial charge in [0.1, 0.15) is 4.75 Å². The van der Waals surface area contributed by atoms with Crippen molar-refractivity contribution in [1.82, 2.24) is 5.48 Å². The maximum absolute atomic E-state index is 13.1. The van der Waals surface area contributed by atoms with Crippen molar-refractivity contribution in [2.45, 2.75) is 43.3 Å². The second-order valence-corrected chi connectivity index (χ2v) is 11.4. The predicted octanol–water partition coefficient (Wildman–Crippen LogP) is 3.00. The first-order valence-electron chi connectivity index (χ1n) is 10.4. The standard InChI is InChI=1S/C22H26N2O7S2/c1-31-21(27)10-9-19(25)23-16-6-4-5-15(13-16)17-7-8-18(32-17)22(14-20(26)24-28)11-2-3-12-33(22,29)30/h4-8,13,28H,2-3,9-12,14H2,1H3,(H,23,25)(H,24,26)/t22-/m0/s1. The van der Waals surface area contributed by atoms with Gasteiger partial charge in [0, 0.05) is 21.9 Å². The van der Waals surface area contributed by atoms with E-state index in [0.717, 1.165) is 10.4 Å². The van der Waals surface area contributed by atoms with E-state index in [1.807, 2.05) is 6.07 Å². The van der Waals surface area contributed by atoms with Crippen LogP contribution in [-0.2, 0) is 33.7 Å². The van der Waals surface area contributed by atoms with Crippen LogP contribution in [-0.4, -0.2) is 44.3 Å². The van der Waals surface area contributed by atoms with Crippen molar-refractivity contribution in [2.24, 2.45) is 0 Å². The molecule has 0 bridgehead atoms. The molecule has 3 rings (SSSR count). The minimum atomic E-state index is -3.61. The predicted molar refractivity (Wildman–Crippen MR) is 123 cm³/mol. The summed E-state index contributed by atoms with van der Waals surface area (Å²) < 4.78 is 29.3. The number of hydrogen-bond acceptors (Lipinski definition) is 8. The number of thiophene rings is 1. The molecule has 0 radical (unpaired) electrons. The zero-order chi connectivity index (χ0) is 24.1. The topological polar surface area (TPSA) is 139 Å². The van der Waals surface area contributed by atoms with Crippen LogP contribution in [0.15, 0.2) is 36.4 Å². The highest BCUT2D eigenvalue weighted by molar-refractivity contribution is 7.92. The summed E-state index contributed by atoms with van der Waals surface area (Å²) in [5.74, 6) is -1.54. The van der Waals surface area contributed by atoms with Crippen molar-refractivity contribution in [2.75, 3.05) is 18.2 Å². The molecule has 2 amide bonds. The Balaban J connectivity index is 1.85. The highest BCUT2D eigenvalue weighted by Crippen LogP contribution is 2.47. The van der Waals surface area contributed by atoms with E-state index in [1.54, 1.807) is 35.8 Å². The number of benzene rings is 1. The van der Waals surface area contributed by atoms with Crippen LogP contribution in [0.4, 0.5) is 5.69 Å². The number of ether oxygens (including phenoxy) is 1. The zero-order valence-corrected chi connectivity index (χ0v) is 19.8. The van der Waals surface area contributed by atoms with Crippen LogP contribution in [0.5, 0.6) is 0 Å². The maximum atomic E-state index is 13.1. The number of hydroxylamine groups is 1. The van der Waals surface area contributed by atoms with Crippen molar-refractivity contribution in [1.29, 1.82) is 0 Å². The van der Waals surface area contributed by atoms with Crippen LogP contribution in [0.25, 0.3) is 10.4 Å². The van der Waals surface area contributed by atoms with Gasteiger partial charge in [0.05, 0.1) is 25.7 Å². The third kappa shape index (κ3) is 5.60. The lowest BCUT2D eigenvalue weighted by atomic mass is 9.94. The van der Waals surface area contributed by atoms with Crippen LogP contribution in [0.1, 0.15) is 43.4 Å². The monoisotopic (exact) mass is 494 g/mol. The first kappa shape index (κ1) is 24.9. The molecule has 11 heteroatoms. The van der Waals surface area contributed by atoms with E-state index >= 15 is 0 Å². The molecule has 0 aliphatic carbocycles. The summed E-state index contributed by atoms with van der Waals surface area (Å²) >= 11 is 1.28. The van der Waals surface area contributed by atoms with E-state index in [1.165, 1.54) is 18.4 Å². The van der Waals surface area contributed by atoms with E-state index in [0.29, 0.717) is 29.8 Å². The fraction of sp³-hybridized carbons (Fsp3) is 0.409. The van der Waals surface area contributed by atoms with Gasteiger partial charge in [0.25, 0.3) is 0 Å².